The highest BCUT2D eigenvalue weighted by molar-refractivity contribution is 5.19. The van der Waals surface area contributed by atoms with Gasteiger partial charge in [-0.3, -0.25) is 0 Å². The molecule has 27 heavy (non-hydrogen) atoms. The maximum Gasteiger partial charge on any atom is 0.125 e. The van der Waals surface area contributed by atoms with Crippen molar-refractivity contribution >= 4 is 0 Å². The predicted molar refractivity (Wildman–Crippen MR) is 110 cm³/mol. The molecule has 0 aromatic rings. The third-order valence-corrected chi connectivity index (χ3v) is 9.62. The van der Waals surface area contributed by atoms with Gasteiger partial charge in [-0.15, -0.1) is 5.92 Å². The van der Waals surface area contributed by atoms with Gasteiger partial charge in [0.2, 0.25) is 0 Å². The summed E-state index contributed by atoms with van der Waals surface area (Å²) in [4.78, 5) is 0. The molecule has 0 unspecified atom stereocenters. The average molecular weight is 373 g/mol. The van der Waals surface area contributed by atoms with E-state index in [4.69, 9.17) is 4.74 Å². The lowest BCUT2D eigenvalue weighted by Crippen LogP contribution is -2.56. The molecule has 0 heterocycles. The molecule has 0 saturated heterocycles. The van der Waals surface area contributed by atoms with Gasteiger partial charge in [0.05, 0.1) is 6.10 Å². The summed E-state index contributed by atoms with van der Waals surface area (Å²) in [6.45, 7) is 7.25. The van der Waals surface area contributed by atoms with Crippen molar-refractivity contribution in [1.82, 2.24) is 0 Å². The van der Waals surface area contributed by atoms with E-state index < -0.39 is 5.60 Å². The van der Waals surface area contributed by atoms with E-state index in [1.54, 1.807) is 0 Å². The lowest BCUT2D eigenvalue weighted by molar-refractivity contribution is -0.146. The molecule has 152 valence electrons. The van der Waals surface area contributed by atoms with E-state index in [-0.39, 0.29) is 0 Å². The lowest BCUT2D eigenvalue weighted by Gasteiger charge is -2.61. The summed E-state index contributed by atoms with van der Waals surface area (Å²) < 4.78 is 5.92. The number of methoxy groups -OCH3 is 1. The number of hydrogen-bond acceptors (Lipinski definition) is 2. The molecule has 4 aliphatic carbocycles. The third kappa shape index (κ3) is 3.08. The molecule has 4 aliphatic rings. The van der Waals surface area contributed by atoms with Gasteiger partial charge >= 0.3 is 0 Å². The van der Waals surface area contributed by atoms with Crippen molar-refractivity contribution in [3.05, 3.63) is 0 Å². The minimum Gasteiger partial charge on any atom is -0.381 e. The first-order chi connectivity index (χ1) is 12.9. The summed E-state index contributed by atoms with van der Waals surface area (Å²) in [5, 5.41) is 11.1. The topological polar surface area (TPSA) is 29.5 Å². The van der Waals surface area contributed by atoms with Crippen LogP contribution in [0.1, 0.15) is 91.4 Å². The van der Waals surface area contributed by atoms with Crippen LogP contribution in [0.15, 0.2) is 0 Å². The quantitative estimate of drug-likeness (QED) is 0.641. The molecule has 0 aromatic carbocycles. The second kappa shape index (κ2) is 7.07. The molecular formula is C25H40O2. The third-order valence-electron chi connectivity index (χ3n) is 9.62. The van der Waals surface area contributed by atoms with Crippen LogP contribution < -0.4 is 0 Å². The first kappa shape index (κ1) is 19.8. The summed E-state index contributed by atoms with van der Waals surface area (Å²) in [7, 11) is 1.92. The van der Waals surface area contributed by atoms with Crippen molar-refractivity contribution in [2.75, 3.05) is 7.11 Å². The summed E-state index contributed by atoms with van der Waals surface area (Å²) in [5.41, 5.74) is 0.0953. The van der Waals surface area contributed by atoms with E-state index in [9.17, 15) is 5.11 Å². The van der Waals surface area contributed by atoms with Crippen LogP contribution in [0.25, 0.3) is 0 Å². The zero-order chi connectivity index (χ0) is 19.3. The Bertz CT molecular complexity index is 618. The molecule has 0 amide bonds. The minimum absolute atomic E-state index is 0.403. The number of hydrogen-bond donors (Lipinski definition) is 1. The van der Waals surface area contributed by atoms with Gasteiger partial charge in [0, 0.05) is 13.5 Å². The van der Waals surface area contributed by atoms with Crippen molar-refractivity contribution in [3.63, 3.8) is 0 Å². The van der Waals surface area contributed by atoms with Gasteiger partial charge < -0.3 is 9.84 Å². The Balaban J connectivity index is 1.53. The second-order valence-electron chi connectivity index (χ2n) is 10.8. The molecule has 2 heteroatoms. The summed E-state index contributed by atoms with van der Waals surface area (Å²) >= 11 is 0. The molecule has 4 rings (SSSR count). The van der Waals surface area contributed by atoms with Gasteiger partial charge in [0.15, 0.2) is 0 Å². The smallest absolute Gasteiger partial charge is 0.125 e. The van der Waals surface area contributed by atoms with Crippen LogP contribution in [-0.4, -0.2) is 23.9 Å². The first-order valence-corrected chi connectivity index (χ1v) is 11.6. The Morgan fingerprint density at radius 2 is 1.74 bits per heavy atom. The fourth-order valence-corrected chi connectivity index (χ4v) is 8.05. The van der Waals surface area contributed by atoms with Crippen LogP contribution in [0.5, 0.6) is 0 Å². The second-order valence-corrected chi connectivity index (χ2v) is 10.8. The van der Waals surface area contributed by atoms with Crippen LogP contribution in [0.2, 0.25) is 0 Å². The van der Waals surface area contributed by atoms with E-state index >= 15 is 0 Å². The van der Waals surface area contributed by atoms with Crippen LogP contribution in [0.4, 0.5) is 0 Å². The van der Waals surface area contributed by atoms with Gasteiger partial charge in [-0.2, -0.15) is 0 Å². The zero-order valence-corrected chi connectivity index (χ0v) is 18.0. The van der Waals surface area contributed by atoms with Gasteiger partial charge in [-0.25, -0.2) is 0 Å². The highest BCUT2D eigenvalue weighted by Gasteiger charge is 2.61. The Labute approximate surface area is 166 Å². The molecule has 0 aromatic heterocycles. The highest BCUT2D eigenvalue weighted by Crippen LogP contribution is 2.67. The van der Waals surface area contributed by atoms with Crippen molar-refractivity contribution in [3.8, 4) is 11.8 Å². The van der Waals surface area contributed by atoms with Crippen molar-refractivity contribution in [1.29, 1.82) is 0 Å². The van der Waals surface area contributed by atoms with Crippen LogP contribution in [0, 0.1) is 46.3 Å². The van der Waals surface area contributed by atoms with Gasteiger partial charge in [-0.1, -0.05) is 26.7 Å². The SMILES string of the molecule is CCCC#C[C@@]1(O)CC[C@@]2(C)[C@H](CC[C@@H]3[C@@H]2CC[C@]2(C)[C@@H](OC)CC[C@@H]32)C1. The molecule has 1 N–H and O–H groups in total. The van der Waals surface area contributed by atoms with E-state index in [0.29, 0.717) is 22.9 Å². The van der Waals surface area contributed by atoms with Crippen molar-refractivity contribution in [2.24, 2.45) is 34.5 Å². The van der Waals surface area contributed by atoms with Gasteiger partial charge in [0.1, 0.15) is 5.60 Å². The summed E-state index contributed by atoms with van der Waals surface area (Å²) in [6, 6.07) is 0. The maximum atomic E-state index is 11.1. The number of rotatable bonds is 2. The Morgan fingerprint density at radius 1 is 0.963 bits per heavy atom. The largest absolute Gasteiger partial charge is 0.381 e. The molecule has 8 atom stereocenters. The lowest BCUT2D eigenvalue weighted by atomic mass is 9.44. The molecule has 0 aliphatic heterocycles. The van der Waals surface area contributed by atoms with Gasteiger partial charge in [-0.05, 0) is 98.7 Å². The normalized spacial score (nSPS) is 51.5. The zero-order valence-electron chi connectivity index (χ0n) is 18.0. The number of fused-ring (bicyclic) bond motifs is 5. The maximum absolute atomic E-state index is 11.1. The molecule has 0 bridgehead atoms. The van der Waals surface area contributed by atoms with Crippen LogP contribution in [-0.2, 0) is 4.74 Å². The fourth-order valence-electron chi connectivity index (χ4n) is 8.05. The molecule has 4 fully saturated rings. The average Bonchev–Trinajstić information content (AvgIpc) is 2.99. The molecule has 0 radical (unpaired) electrons. The number of ether oxygens (including phenoxy) is 1. The van der Waals surface area contributed by atoms with Crippen LogP contribution in [0.3, 0.4) is 0 Å². The first-order valence-electron chi connectivity index (χ1n) is 11.6. The van der Waals surface area contributed by atoms with E-state index in [0.717, 1.165) is 49.9 Å². The van der Waals surface area contributed by atoms with Crippen molar-refractivity contribution in [2.45, 2.75) is 103 Å². The van der Waals surface area contributed by atoms with Crippen molar-refractivity contribution < 1.29 is 9.84 Å². The fraction of sp³-hybridized carbons (Fsp3) is 0.920. The standard InChI is InChI=1S/C25H40O2/c1-5-6-7-13-25(26)16-15-23(2)18(17-25)8-9-19-20-10-11-22(27-4)24(20,3)14-12-21(19)23/h18-22,26H,5-6,8-12,14-17H2,1-4H3/t18-,19+,20+,21+,22+,23+,24+,25-/m1/s1. The number of unbranched alkanes of at least 4 members (excludes halogenated alkanes) is 1. The van der Waals surface area contributed by atoms with E-state index in [2.05, 4.69) is 32.6 Å². The molecule has 2 nitrogen and oxygen atoms in total. The highest BCUT2D eigenvalue weighted by atomic mass is 16.5. The van der Waals surface area contributed by atoms with Crippen LogP contribution >= 0.6 is 0 Å². The molecule has 4 saturated carbocycles. The minimum atomic E-state index is -0.718. The Morgan fingerprint density at radius 3 is 2.48 bits per heavy atom. The molecular weight excluding hydrogens is 332 g/mol. The van der Waals surface area contributed by atoms with E-state index in [1.165, 1.54) is 38.5 Å². The monoisotopic (exact) mass is 372 g/mol. The number of aliphatic hydroxyl groups is 1. The van der Waals surface area contributed by atoms with E-state index in [1.807, 2.05) is 7.11 Å². The molecule has 0 spiro atoms. The Kier molecular flexibility index (Phi) is 5.18. The summed E-state index contributed by atoms with van der Waals surface area (Å²) in [5.74, 6) is 9.73. The predicted octanol–water partition coefficient (Wildman–Crippen LogP) is 5.58. The summed E-state index contributed by atoms with van der Waals surface area (Å²) in [6.07, 6.45) is 13.4. The van der Waals surface area contributed by atoms with Gasteiger partial charge in [0.25, 0.3) is 0 Å². The Hall–Kier alpha value is -0.520.